The Kier molecular flexibility index (Phi) is 4.79. The number of ether oxygens (including phenoxy) is 1. The molecule has 14 nitrogen and oxygen atoms in total. The van der Waals surface area contributed by atoms with Crippen molar-refractivity contribution in [3.05, 3.63) is 16.0 Å². The number of primary amides is 1. The highest BCUT2D eigenvalue weighted by Crippen LogP contribution is 2.31. The van der Waals surface area contributed by atoms with E-state index in [-0.39, 0.29) is 17.0 Å². The minimum atomic E-state index is -1.53. The van der Waals surface area contributed by atoms with Crippen molar-refractivity contribution < 1.29 is 29.6 Å². The van der Waals surface area contributed by atoms with E-state index in [0.717, 1.165) is 4.68 Å². The Morgan fingerprint density at radius 2 is 2.04 bits per heavy atom. The molecule has 1 unspecified atom stereocenters. The maximum atomic E-state index is 12.3. The number of nitrogens with two attached hydrogens (primary N) is 2. The Hall–Kier alpha value is -3.07. The number of hydrogen-bond acceptors (Lipinski definition) is 10. The Labute approximate surface area is 149 Å². The second-order valence-electron chi connectivity index (χ2n) is 5.82. The summed E-state index contributed by atoms with van der Waals surface area (Å²) in [5.41, 5.74) is 9.09. The van der Waals surface area contributed by atoms with Crippen molar-refractivity contribution in [3.8, 4) is 0 Å². The summed E-state index contributed by atoms with van der Waals surface area (Å²) in [6, 6.07) is 0. The highest BCUT2D eigenvalue weighted by atomic mass is 16.6. The number of nitrogen functional groups attached to an aromatic ring is 1. The number of hydrogen-bond donors (Lipinski definition) is 7. The molecular formula is C13H17N7O7. The number of fused-ring (bicyclic) bond motifs is 1. The van der Waals surface area contributed by atoms with Gasteiger partial charge in [0.25, 0.3) is 11.5 Å². The van der Waals surface area contributed by atoms with Crippen molar-refractivity contribution in [1.82, 2.24) is 25.1 Å². The Morgan fingerprint density at radius 3 is 2.63 bits per heavy atom. The van der Waals surface area contributed by atoms with Gasteiger partial charge in [0.1, 0.15) is 23.7 Å². The number of aliphatic hydroxyl groups is 3. The number of anilines is 1. The smallest absolute Gasteiger partial charge is 0.273 e. The van der Waals surface area contributed by atoms with Gasteiger partial charge in [-0.15, -0.1) is 0 Å². The van der Waals surface area contributed by atoms with Gasteiger partial charge in [0, 0.05) is 0 Å². The molecule has 0 aliphatic carbocycles. The highest BCUT2D eigenvalue weighted by molar-refractivity contribution is 6.04. The maximum absolute atomic E-state index is 12.3. The zero-order valence-electron chi connectivity index (χ0n) is 13.7. The average molecular weight is 383 g/mol. The highest BCUT2D eigenvalue weighted by Gasteiger charge is 2.45. The lowest BCUT2D eigenvalue weighted by molar-refractivity contribution is -0.117. The number of carbonyl (C=O) groups is 2. The predicted molar refractivity (Wildman–Crippen MR) is 87.1 cm³/mol. The molecule has 1 aliphatic rings. The van der Waals surface area contributed by atoms with Gasteiger partial charge in [-0.3, -0.25) is 19.4 Å². The lowest BCUT2D eigenvalue weighted by Crippen LogP contribution is -2.34. The van der Waals surface area contributed by atoms with Crippen LogP contribution in [0.2, 0.25) is 0 Å². The second-order valence-corrected chi connectivity index (χ2v) is 5.82. The molecule has 2 aromatic heterocycles. The van der Waals surface area contributed by atoms with Gasteiger partial charge in [0.15, 0.2) is 17.6 Å². The quantitative estimate of drug-likeness (QED) is 0.261. The van der Waals surface area contributed by atoms with Gasteiger partial charge in [-0.1, -0.05) is 0 Å². The van der Waals surface area contributed by atoms with Crippen molar-refractivity contribution in [2.45, 2.75) is 24.5 Å². The third-order valence-electron chi connectivity index (χ3n) is 3.98. The summed E-state index contributed by atoms with van der Waals surface area (Å²) >= 11 is 0. The molecule has 0 radical (unpaired) electrons. The topological polar surface area (TPSA) is 232 Å². The average Bonchev–Trinajstić information content (AvgIpc) is 3.11. The molecule has 3 rings (SSSR count). The molecule has 1 fully saturated rings. The fraction of sp³-hybridized carbons (Fsp3) is 0.462. The monoisotopic (exact) mass is 383 g/mol. The summed E-state index contributed by atoms with van der Waals surface area (Å²) in [6.45, 7) is -1.09. The molecule has 0 spiro atoms. The fourth-order valence-electron chi connectivity index (χ4n) is 2.73. The van der Waals surface area contributed by atoms with Crippen molar-refractivity contribution >= 4 is 28.8 Å². The van der Waals surface area contributed by atoms with Gasteiger partial charge in [-0.2, -0.15) is 10.1 Å². The van der Waals surface area contributed by atoms with E-state index in [4.69, 9.17) is 16.2 Å². The van der Waals surface area contributed by atoms with Gasteiger partial charge < -0.3 is 36.8 Å². The maximum Gasteiger partial charge on any atom is 0.273 e. The van der Waals surface area contributed by atoms with Crippen molar-refractivity contribution in [3.63, 3.8) is 0 Å². The van der Waals surface area contributed by atoms with Crippen LogP contribution in [-0.2, 0) is 9.53 Å². The third-order valence-corrected chi connectivity index (χ3v) is 3.98. The molecule has 4 atom stereocenters. The minimum absolute atomic E-state index is 0.199. The molecule has 2 aromatic rings. The zero-order valence-corrected chi connectivity index (χ0v) is 13.7. The number of nitrogens with one attached hydrogen (secondary N) is 2. The van der Waals surface area contributed by atoms with Crippen LogP contribution >= 0.6 is 0 Å². The number of aromatic amines is 1. The van der Waals surface area contributed by atoms with Crippen LogP contribution in [0.5, 0.6) is 0 Å². The van der Waals surface area contributed by atoms with E-state index < -0.39 is 60.8 Å². The molecule has 2 amide bonds. The second kappa shape index (κ2) is 6.92. The Bertz CT molecular complexity index is 954. The van der Waals surface area contributed by atoms with Crippen LogP contribution in [0.25, 0.3) is 11.0 Å². The molecule has 0 bridgehead atoms. The predicted octanol–water partition coefficient (Wildman–Crippen LogP) is -4.47. The lowest BCUT2D eigenvalue weighted by atomic mass is 10.1. The summed E-state index contributed by atoms with van der Waals surface area (Å²) in [7, 11) is 0. The van der Waals surface area contributed by atoms with Crippen LogP contribution < -0.4 is 22.3 Å². The first-order valence-electron chi connectivity index (χ1n) is 7.71. The lowest BCUT2D eigenvalue weighted by Gasteiger charge is -2.15. The SMILES string of the molecule is NC(=O)CNC(=O)c1nn(C2O[C@H](CO)[C@@H](O)[C@H]2O)c2nc(N)[nH]c(=O)c12. The Balaban J connectivity index is 2.12. The molecule has 3 heterocycles. The van der Waals surface area contributed by atoms with Gasteiger partial charge >= 0.3 is 0 Å². The molecular weight excluding hydrogens is 366 g/mol. The van der Waals surface area contributed by atoms with Crippen LogP contribution in [0.15, 0.2) is 4.79 Å². The fourth-order valence-corrected chi connectivity index (χ4v) is 2.73. The normalized spacial score (nSPS) is 25.0. The van der Waals surface area contributed by atoms with E-state index >= 15 is 0 Å². The molecule has 146 valence electrons. The minimum Gasteiger partial charge on any atom is -0.394 e. The van der Waals surface area contributed by atoms with E-state index in [1.54, 1.807) is 0 Å². The number of aliphatic hydroxyl groups excluding tert-OH is 3. The van der Waals surface area contributed by atoms with E-state index in [1.807, 2.05) is 0 Å². The van der Waals surface area contributed by atoms with E-state index in [2.05, 4.69) is 20.4 Å². The molecule has 1 saturated heterocycles. The molecule has 14 heteroatoms. The molecule has 27 heavy (non-hydrogen) atoms. The van der Waals surface area contributed by atoms with E-state index in [1.165, 1.54) is 0 Å². The third kappa shape index (κ3) is 3.21. The van der Waals surface area contributed by atoms with Gasteiger partial charge in [0.05, 0.1) is 13.2 Å². The van der Waals surface area contributed by atoms with Crippen LogP contribution in [0.3, 0.4) is 0 Å². The summed E-state index contributed by atoms with van der Waals surface area (Å²) in [6.07, 6.45) is -5.44. The number of nitrogens with zero attached hydrogens (tertiary/aromatic N) is 3. The number of carbonyl (C=O) groups excluding carboxylic acids is 2. The van der Waals surface area contributed by atoms with Crippen LogP contribution in [0.1, 0.15) is 16.7 Å². The standard InChI is InChI=1S/C13H17N7O7/c14-4(22)1-16-11(26)6-5-9(17-13(15)18-10(5)25)20(19-6)12-8(24)7(23)3(2-21)27-12/h3,7-8,12,21,23-24H,1-2H2,(H2,14,22)(H,16,26)(H3,15,17,18,25)/t3-,7-,8-,12?/m1/s1. The first-order chi connectivity index (χ1) is 12.7. The summed E-state index contributed by atoms with van der Waals surface area (Å²) < 4.78 is 6.26. The summed E-state index contributed by atoms with van der Waals surface area (Å²) in [4.78, 5) is 41.5. The van der Waals surface area contributed by atoms with Crippen molar-refractivity contribution in [2.75, 3.05) is 18.9 Å². The molecule has 9 N–H and O–H groups in total. The number of H-pyrrole nitrogens is 1. The summed E-state index contributed by atoms with van der Waals surface area (Å²) in [5, 5.41) is 35.2. The van der Waals surface area contributed by atoms with Gasteiger partial charge in [-0.05, 0) is 0 Å². The number of aromatic nitrogens is 4. The zero-order chi connectivity index (χ0) is 19.9. The summed E-state index contributed by atoms with van der Waals surface area (Å²) in [5.74, 6) is -2.00. The van der Waals surface area contributed by atoms with Crippen LogP contribution in [0.4, 0.5) is 5.95 Å². The molecule has 0 saturated carbocycles. The van der Waals surface area contributed by atoms with Gasteiger partial charge in [-0.25, -0.2) is 4.68 Å². The van der Waals surface area contributed by atoms with E-state index in [0.29, 0.717) is 0 Å². The Morgan fingerprint density at radius 1 is 1.33 bits per heavy atom. The first kappa shape index (κ1) is 18.7. The number of amides is 2. The van der Waals surface area contributed by atoms with Crippen molar-refractivity contribution in [1.29, 1.82) is 0 Å². The van der Waals surface area contributed by atoms with Crippen molar-refractivity contribution in [2.24, 2.45) is 5.73 Å². The number of rotatable bonds is 5. The van der Waals surface area contributed by atoms with Gasteiger partial charge in [0.2, 0.25) is 11.9 Å². The first-order valence-corrected chi connectivity index (χ1v) is 7.71. The van der Waals surface area contributed by atoms with Crippen LogP contribution in [-0.4, -0.2) is 78.3 Å². The molecule has 1 aliphatic heterocycles. The van der Waals surface area contributed by atoms with E-state index in [9.17, 15) is 29.7 Å². The van der Waals surface area contributed by atoms with Crippen LogP contribution in [0, 0.1) is 0 Å². The largest absolute Gasteiger partial charge is 0.394 e. The molecule has 0 aromatic carbocycles.